The van der Waals surface area contributed by atoms with Gasteiger partial charge in [0.15, 0.2) is 0 Å². The molecule has 2 heteroatoms. The van der Waals surface area contributed by atoms with Crippen LogP contribution in [-0.4, -0.2) is 38.1 Å². The minimum Gasteiger partial charge on any atom is -0.315 e. The van der Waals surface area contributed by atoms with Gasteiger partial charge in [-0.15, -0.1) is 6.58 Å². The Morgan fingerprint density at radius 2 is 2.30 bits per heavy atom. The maximum Gasteiger partial charge on any atom is 0.0266 e. The first kappa shape index (κ1) is 7.76. The van der Waals surface area contributed by atoms with Crippen LogP contribution in [0.5, 0.6) is 0 Å². The first-order valence-corrected chi connectivity index (χ1v) is 3.76. The van der Waals surface area contributed by atoms with Crippen molar-refractivity contribution in [3.63, 3.8) is 0 Å². The van der Waals surface area contributed by atoms with Crippen molar-refractivity contribution < 1.29 is 0 Å². The molecule has 1 fully saturated rings. The molecule has 0 aromatic heterocycles. The summed E-state index contributed by atoms with van der Waals surface area (Å²) in [5.41, 5.74) is 0. The van der Waals surface area contributed by atoms with Crippen LogP contribution in [0.3, 0.4) is 0 Å². The highest BCUT2D eigenvalue weighted by Crippen LogP contribution is 2.15. The molecule has 58 valence electrons. The van der Waals surface area contributed by atoms with Crippen LogP contribution < -0.4 is 5.32 Å². The number of hydrogen-bond acceptors (Lipinski definition) is 2. The molecular weight excluding hydrogens is 124 g/mol. The monoisotopic (exact) mass is 140 g/mol. The van der Waals surface area contributed by atoms with Gasteiger partial charge in [0.2, 0.25) is 0 Å². The van der Waals surface area contributed by atoms with Gasteiger partial charge in [0.25, 0.3) is 0 Å². The Morgan fingerprint density at radius 3 is 2.70 bits per heavy atom. The van der Waals surface area contributed by atoms with Gasteiger partial charge in [0.05, 0.1) is 0 Å². The molecule has 1 rings (SSSR count). The van der Waals surface area contributed by atoms with Crippen LogP contribution in [0.25, 0.3) is 0 Å². The lowest BCUT2D eigenvalue weighted by molar-refractivity contribution is 0.401. The summed E-state index contributed by atoms with van der Waals surface area (Å²) in [4.78, 5) is 2.33. The lowest BCUT2D eigenvalue weighted by Gasteiger charge is -2.12. The van der Waals surface area contributed by atoms with E-state index in [2.05, 4.69) is 23.8 Å². The molecule has 1 aliphatic rings. The molecule has 0 bridgehead atoms. The van der Waals surface area contributed by atoms with E-state index in [1.165, 1.54) is 0 Å². The topological polar surface area (TPSA) is 15.3 Å². The van der Waals surface area contributed by atoms with Gasteiger partial charge >= 0.3 is 0 Å². The number of hydrogen-bond donors (Lipinski definition) is 1. The first-order valence-electron chi connectivity index (χ1n) is 3.76. The van der Waals surface area contributed by atoms with E-state index >= 15 is 0 Å². The second-order valence-corrected chi connectivity index (χ2v) is 3.02. The Morgan fingerprint density at radius 1 is 1.60 bits per heavy atom. The van der Waals surface area contributed by atoms with Gasteiger partial charge in [-0.2, -0.15) is 0 Å². The fourth-order valence-corrected chi connectivity index (χ4v) is 1.58. The Labute approximate surface area is 62.9 Å². The number of likely N-dealkylation sites (N-methyl/N-ethyl adjacent to an activating group) is 2. The average molecular weight is 140 g/mol. The minimum absolute atomic E-state index is 0.613. The summed E-state index contributed by atoms with van der Waals surface area (Å²) in [5.74, 6) is 0.634. The SMILES string of the molecule is C=C[C@H]1CN(C)C[C@@H]1NC. The van der Waals surface area contributed by atoms with Gasteiger partial charge in [0.1, 0.15) is 0 Å². The van der Waals surface area contributed by atoms with Crippen LogP contribution >= 0.6 is 0 Å². The lowest BCUT2D eigenvalue weighted by Crippen LogP contribution is -2.32. The van der Waals surface area contributed by atoms with Crippen molar-refractivity contribution in [2.45, 2.75) is 6.04 Å². The Kier molecular flexibility index (Phi) is 2.46. The predicted molar refractivity (Wildman–Crippen MR) is 44.0 cm³/mol. The van der Waals surface area contributed by atoms with Crippen LogP contribution in [0.4, 0.5) is 0 Å². The van der Waals surface area contributed by atoms with Crippen LogP contribution in [-0.2, 0) is 0 Å². The van der Waals surface area contributed by atoms with E-state index in [0.29, 0.717) is 12.0 Å². The molecule has 1 saturated heterocycles. The van der Waals surface area contributed by atoms with E-state index in [1.54, 1.807) is 0 Å². The molecule has 1 N–H and O–H groups in total. The Balaban J connectivity index is 2.48. The molecule has 0 radical (unpaired) electrons. The molecule has 0 unspecified atom stereocenters. The summed E-state index contributed by atoms with van der Waals surface area (Å²) < 4.78 is 0. The second kappa shape index (κ2) is 3.17. The van der Waals surface area contributed by atoms with Crippen LogP contribution in [0, 0.1) is 5.92 Å². The van der Waals surface area contributed by atoms with Gasteiger partial charge < -0.3 is 10.2 Å². The fourth-order valence-electron chi connectivity index (χ4n) is 1.58. The molecular formula is C8H16N2. The average Bonchev–Trinajstić information content (AvgIpc) is 2.30. The number of rotatable bonds is 2. The van der Waals surface area contributed by atoms with Gasteiger partial charge in [-0.05, 0) is 14.1 Å². The van der Waals surface area contributed by atoms with Crippen LogP contribution in [0.2, 0.25) is 0 Å². The molecule has 0 amide bonds. The van der Waals surface area contributed by atoms with Crippen molar-refractivity contribution in [1.82, 2.24) is 10.2 Å². The van der Waals surface area contributed by atoms with E-state index in [-0.39, 0.29) is 0 Å². The third kappa shape index (κ3) is 1.39. The van der Waals surface area contributed by atoms with Gasteiger partial charge in [-0.1, -0.05) is 6.08 Å². The molecule has 0 saturated carbocycles. The van der Waals surface area contributed by atoms with Crippen molar-refractivity contribution in [1.29, 1.82) is 0 Å². The highest BCUT2D eigenvalue weighted by atomic mass is 15.2. The first-order chi connectivity index (χ1) is 4.77. The molecule has 1 aliphatic heterocycles. The van der Waals surface area contributed by atoms with E-state index in [9.17, 15) is 0 Å². The standard InChI is InChI=1S/C8H16N2/c1-4-7-5-10(3)6-8(7)9-2/h4,7-9H,1,5-6H2,2-3H3/t7-,8-/m0/s1. The molecule has 0 aromatic carbocycles. The van der Waals surface area contributed by atoms with Gasteiger partial charge in [-0.3, -0.25) is 0 Å². The summed E-state index contributed by atoms with van der Waals surface area (Å²) >= 11 is 0. The molecule has 0 spiro atoms. The largest absolute Gasteiger partial charge is 0.315 e. The van der Waals surface area contributed by atoms with E-state index in [0.717, 1.165) is 13.1 Å². The summed E-state index contributed by atoms with van der Waals surface area (Å²) in [6, 6.07) is 0.613. The zero-order valence-corrected chi connectivity index (χ0v) is 6.80. The van der Waals surface area contributed by atoms with Crippen molar-refractivity contribution in [3.05, 3.63) is 12.7 Å². The zero-order chi connectivity index (χ0) is 7.56. The van der Waals surface area contributed by atoms with Crippen molar-refractivity contribution in [3.8, 4) is 0 Å². The third-order valence-electron chi connectivity index (χ3n) is 2.22. The van der Waals surface area contributed by atoms with Crippen LogP contribution in [0.15, 0.2) is 12.7 Å². The summed E-state index contributed by atoms with van der Waals surface area (Å²) in [6.45, 7) is 6.10. The minimum atomic E-state index is 0.613. The van der Waals surface area contributed by atoms with Gasteiger partial charge in [-0.25, -0.2) is 0 Å². The molecule has 0 aliphatic carbocycles. The molecule has 2 nitrogen and oxygen atoms in total. The van der Waals surface area contributed by atoms with Crippen molar-refractivity contribution >= 4 is 0 Å². The normalized spacial score (nSPS) is 34.6. The smallest absolute Gasteiger partial charge is 0.0266 e. The highest BCUT2D eigenvalue weighted by molar-refractivity contribution is 4.96. The molecule has 0 aromatic rings. The number of nitrogens with one attached hydrogen (secondary N) is 1. The van der Waals surface area contributed by atoms with E-state index in [1.807, 2.05) is 13.1 Å². The summed E-state index contributed by atoms with van der Waals surface area (Å²) in [5, 5.41) is 3.28. The fraction of sp³-hybridized carbons (Fsp3) is 0.750. The zero-order valence-electron chi connectivity index (χ0n) is 6.80. The maximum absolute atomic E-state index is 3.81. The summed E-state index contributed by atoms with van der Waals surface area (Å²) in [6.07, 6.45) is 2.05. The number of likely N-dealkylation sites (tertiary alicyclic amines) is 1. The molecule has 10 heavy (non-hydrogen) atoms. The molecule has 2 atom stereocenters. The second-order valence-electron chi connectivity index (χ2n) is 3.02. The Hall–Kier alpha value is -0.340. The highest BCUT2D eigenvalue weighted by Gasteiger charge is 2.26. The lowest BCUT2D eigenvalue weighted by atomic mass is 10.1. The Bertz CT molecular complexity index is 122. The van der Waals surface area contributed by atoms with Gasteiger partial charge in [0, 0.05) is 25.0 Å². The number of nitrogens with zero attached hydrogens (tertiary/aromatic N) is 1. The third-order valence-corrected chi connectivity index (χ3v) is 2.22. The van der Waals surface area contributed by atoms with Crippen LogP contribution in [0.1, 0.15) is 0 Å². The van der Waals surface area contributed by atoms with E-state index < -0.39 is 0 Å². The maximum atomic E-state index is 3.81. The molecule has 1 heterocycles. The quantitative estimate of drug-likeness (QED) is 0.556. The van der Waals surface area contributed by atoms with E-state index in [4.69, 9.17) is 0 Å². The summed E-state index contributed by atoms with van der Waals surface area (Å²) in [7, 11) is 4.16. The predicted octanol–water partition coefficient (Wildman–Crippen LogP) is 0.322. The van der Waals surface area contributed by atoms with Crippen molar-refractivity contribution in [2.75, 3.05) is 27.2 Å². The van der Waals surface area contributed by atoms with Crippen molar-refractivity contribution in [2.24, 2.45) is 5.92 Å².